The van der Waals surface area contributed by atoms with E-state index in [4.69, 9.17) is 4.42 Å². The van der Waals surface area contributed by atoms with Crippen LogP contribution in [0.2, 0.25) is 0 Å². The van der Waals surface area contributed by atoms with E-state index in [0.29, 0.717) is 10.8 Å². The smallest absolute Gasteiger partial charge is 0.163 e. The maximum absolute atomic E-state index is 10.1. The van der Waals surface area contributed by atoms with Crippen molar-refractivity contribution in [3.05, 3.63) is 51.1 Å². The number of nitrogens with zero attached hydrogens (tertiary/aromatic N) is 1. The Morgan fingerprint density at radius 1 is 1.35 bits per heavy atom. The number of aliphatic hydroxyl groups excluding tert-OH is 1. The Morgan fingerprint density at radius 2 is 2.18 bits per heavy atom. The summed E-state index contributed by atoms with van der Waals surface area (Å²) in [4.78, 5) is 4.18. The second kappa shape index (κ2) is 4.25. The maximum Gasteiger partial charge on any atom is 0.163 e. The first-order chi connectivity index (χ1) is 8.24. The van der Waals surface area contributed by atoms with Crippen molar-refractivity contribution in [3.8, 4) is 0 Å². The third-order valence-electron chi connectivity index (χ3n) is 2.44. The van der Waals surface area contributed by atoms with Gasteiger partial charge in [0.1, 0.15) is 21.0 Å². The summed E-state index contributed by atoms with van der Waals surface area (Å²) in [5.74, 6) is 0.521. The van der Waals surface area contributed by atoms with Crippen LogP contribution < -0.4 is 0 Å². The number of halogens is 1. The quantitative estimate of drug-likeness (QED) is 0.784. The molecular weight excluding hydrogens is 302 g/mol. The van der Waals surface area contributed by atoms with Gasteiger partial charge in [0.05, 0.1) is 0 Å². The van der Waals surface area contributed by atoms with Gasteiger partial charge in [0.2, 0.25) is 0 Å². The summed E-state index contributed by atoms with van der Waals surface area (Å²) in [7, 11) is 0. The van der Waals surface area contributed by atoms with E-state index in [1.807, 2.05) is 35.7 Å². The molecule has 2 heterocycles. The minimum atomic E-state index is -0.807. The molecule has 86 valence electrons. The van der Waals surface area contributed by atoms with Crippen LogP contribution in [-0.4, -0.2) is 10.1 Å². The summed E-state index contributed by atoms with van der Waals surface area (Å²) >= 11 is 4.66. The normalized spacial score (nSPS) is 13.1. The van der Waals surface area contributed by atoms with Crippen molar-refractivity contribution < 1.29 is 9.52 Å². The number of fused-ring (bicyclic) bond motifs is 1. The van der Waals surface area contributed by atoms with Crippen LogP contribution in [0.15, 0.2) is 44.7 Å². The van der Waals surface area contributed by atoms with Crippen molar-refractivity contribution >= 4 is 38.2 Å². The molecule has 2 aromatic heterocycles. The molecule has 0 aliphatic carbocycles. The molecule has 1 N–H and O–H groups in total. The molecule has 0 bridgehead atoms. The first-order valence-electron chi connectivity index (χ1n) is 5.01. The summed E-state index contributed by atoms with van der Waals surface area (Å²) in [5, 5.41) is 13.6. The summed E-state index contributed by atoms with van der Waals surface area (Å²) < 4.78 is 6.32. The standard InChI is InChI=1S/C12H8BrNO2S/c13-10-6-17-12(14-10)11(15)9-5-7-3-1-2-4-8(7)16-9/h1-6,11,15H. The van der Waals surface area contributed by atoms with Crippen LogP contribution in [0.25, 0.3) is 11.0 Å². The number of furan rings is 1. The molecule has 17 heavy (non-hydrogen) atoms. The molecule has 3 rings (SSSR count). The van der Waals surface area contributed by atoms with Crippen molar-refractivity contribution in [2.45, 2.75) is 6.10 Å². The number of thiazole rings is 1. The van der Waals surface area contributed by atoms with E-state index in [9.17, 15) is 5.11 Å². The Bertz CT molecular complexity index is 628. The summed E-state index contributed by atoms with van der Waals surface area (Å²) in [6, 6.07) is 9.52. The van der Waals surface area contributed by atoms with Gasteiger partial charge in [-0.1, -0.05) is 18.2 Å². The Morgan fingerprint density at radius 3 is 2.88 bits per heavy atom. The predicted octanol–water partition coefficient (Wildman–Crippen LogP) is 3.73. The first kappa shape index (κ1) is 11.0. The van der Waals surface area contributed by atoms with Gasteiger partial charge in [0.25, 0.3) is 0 Å². The monoisotopic (exact) mass is 309 g/mol. The predicted molar refractivity (Wildman–Crippen MR) is 70.1 cm³/mol. The third kappa shape index (κ3) is 2.01. The lowest BCUT2D eigenvalue weighted by molar-refractivity contribution is 0.191. The minimum Gasteiger partial charge on any atom is -0.458 e. The van der Waals surface area contributed by atoms with Crippen molar-refractivity contribution in [2.75, 3.05) is 0 Å². The highest BCUT2D eigenvalue weighted by atomic mass is 79.9. The number of aliphatic hydroxyl groups is 1. The second-order valence-corrected chi connectivity index (χ2v) is 5.30. The third-order valence-corrected chi connectivity index (χ3v) is 4.05. The number of aromatic nitrogens is 1. The molecule has 0 fully saturated rings. The topological polar surface area (TPSA) is 46.3 Å². The lowest BCUT2D eigenvalue weighted by Gasteiger charge is -2.01. The van der Waals surface area contributed by atoms with E-state index in [-0.39, 0.29) is 0 Å². The average Bonchev–Trinajstić information content (AvgIpc) is 2.93. The second-order valence-electron chi connectivity index (χ2n) is 3.60. The molecule has 1 atom stereocenters. The van der Waals surface area contributed by atoms with Crippen LogP contribution in [0, 0.1) is 0 Å². The number of rotatable bonds is 2. The lowest BCUT2D eigenvalue weighted by Crippen LogP contribution is -1.96. The van der Waals surface area contributed by atoms with Gasteiger partial charge < -0.3 is 9.52 Å². The molecule has 5 heteroatoms. The zero-order valence-electron chi connectivity index (χ0n) is 8.63. The summed E-state index contributed by atoms with van der Waals surface area (Å²) in [6.45, 7) is 0. The molecule has 0 aliphatic rings. The molecule has 0 amide bonds. The van der Waals surface area contributed by atoms with E-state index in [1.54, 1.807) is 0 Å². The lowest BCUT2D eigenvalue weighted by atomic mass is 10.2. The van der Waals surface area contributed by atoms with Gasteiger partial charge in [-0.25, -0.2) is 4.98 Å². The molecule has 1 unspecified atom stereocenters. The van der Waals surface area contributed by atoms with Crippen LogP contribution >= 0.6 is 27.3 Å². The Kier molecular flexibility index (Phi) is 2.74. The van der Waals surface area contributed by atoms with Gasteiger partial charge in [-0.05, 0) is 28.1 Å². The molecule has 1 aromatic carbocycles. The summed E-state index contributed by atoms with van der Waals surface area (Å²) in [6.07, 6.45) is -0.807. The molecule has 0 radical (unpaired) electrons. The molecule has 3 nitrogen and oxygen atoms in total. The summed E-state index contributed by atoms with van der Waals surface area (Å²) in [5.41, 5.74) is 0.775. The van der Waals surface area contributed by atoms with Crippen LogP contribution in [0.3, 0.4) is 0 Å². The molecule has 0 saturated heterocycles. The maximum atomic E-state index is 10.1. The van der Waals surface area contributed by atoms with Crippen LogP contribution in [0.4, 0.5) is 0 Å². The van der Waals surface area contributed by atoms with Gasteiger partial charge in [-0.2, -0.15) is 0 Å². The minimum absolute atomic E-state index is 0.521. The fourth-order valence-corrected chi connectivity index (χ4v) is 2.91. The highest BCUT2D eigenvalue weighted by molar-refractivity contribution is 9.10. The first-order valence-corrected chi connectivity index (χ1v) is 6.69. The highest BCUT2D eigenvalue weighted by Crippen LogP contribution is 2.30. The van der Waals surface area contributed by atoms with Gasteiger partial charge >= 0.3 is 0 Å². The van der Waals surface area contributed by atoms with E-state index in [1.165, 1.54) is 11.3 Å². The van der Waals surface area contributed by atoms with E-state index < -0.39 is 6.10 Å². The van der Waals surface area contributed by atoms with Crippen LogP contribution in [0.5, 0.6) is 0 Å². The van der Waals surface area contributed by atoms with Crippen molar-refractivity contribution in [2.24, 2.45) is 0 Å². The zero-order chi connectivity index (χ0) is 11.8. The van der Waals surface area contributed by atoms with Gasteiger partial charge in [0, 0.05) is 10.8 Å². The van der Waals surface area contributed by atoms with Crippen LogP contribution in [0.1, 0.15) is 16.9 Å². The number of hydrogen-bond acceptors (Lipinski definition) is 4. The van der Waals surface area contributed by atoms with E-state index in [0.717, 1.165) is 15.6 Å². The highest BCUT2D eigenvalue weighted by Gasteiger charge is 2.18. The molecule has 0 spiro atoms. The molecular formula is C12H8BrNO2S. The average molecular weight is 310 g/mol. The number of benzene rings is 1. The zero-order valence-corrected chi connectivity index (χ0v) is 11.0. The van der Waals surface area contributed by atoms with E-state index >= 15 is 0 Å². The number of para-hydroxylation sites is 1. The Balaban J connectivity index is 2.03. The largest absolute Gasteiger partial charge is 0.458 e. The number of hydrogen-bond donors (Lipinski definition) is 1. The van der Waals surface area contributed by atoms with Gasteiger partial charge in [0.15, 0.2) is 6.10 Å². The van der Waals surface area contributed by atoms with Gasteiger partial charge in [-0.3, -0.25) is 0 Å². The molecule has 0 aliphatic heterocycles. The van der Waals surface area contributed by atoms with Crippen LogP contribution in [-0.2, 0) is 0 Å². The van der Waals surface area contributed by atoms with Crippen molar-refractivity contribution in [3.63, 3.8) is 0 Å². The van der Waals surface area contributed by atoms with Gasteiger partial charge in [-0.15, -0.1) is 11.3 Å². The van der Waals surface area contributed by atoms with Crippen molar-refractivity contribution in [1.82, 2.24) is 4.98 Å². The Hall–Kier alpha value is -1.17. The fourth-order valence-electron chi connectivity index (χ4n) is 1.65. The SMILES string of the molecule is OC(c1cc2ccccc2o1)c1nc(Br)cs1. The van der Waals surface area contributed by atoms with Crippen molar-refractivity contribution in [1.29, 1.82) is 0 Å². The van der Waals surface area contributed by atoms with E-state index in [2.05, 4.69) is 20.9 Å². The fraction of sp³-hybridized carbons (Fsp3) is 0.0833. The molecule has 3 aromatic rings. The Labute approximate surface area is 110 Å². The molecule has 0 saturated carbocycles.